The van der Waals surface area contributed by atoms with Crippen molar-refractivity contribution in [1.82, 2.24) is 4.98 Å². The number of nitrogens with one attached hydrogen (secondary N) is 2. The first-order valence-corrected chi connectivity index (χ1v) is 6.69. The minimum absolute atomic E-state index is 0.401. The van der Waals surface area contributed by atoms with Crippen molar-refractivity contribution in [1.29, 1.82) is 0 Å². The fraction of sp³-hybridized carbons (Fsp3) is 0.125. The summed E-state index contributed by atoms with van der Waals surface area (Å²) in [7, 11) is 0. The largest absolute Gasteiger partial charge is 0.417 e. The van der Waals surface area contributed by atoms with Crippen LogP contribution in [-0.2, 0) is 10.4 Å². The van der Waals surface area contributed by atoms with Gasteiger partial charge in [0, 0.05) is 5.69 Å². The Bertz CT molecular complexity index is 878. The first kappa shape index (κ1) is 14.1. The van der Waals surface area contributed by atoms with Crippen molar-refractivity contribution in [2.45, 2.75) is 12.5 Å². The Hall–Kier alpha value is -2.86. The van der Waals surface area contributed by atoms with Crippen LogP contribution in [0.15, 0.2) is 57.7 Å². The number of rotatable bonds is 3. The number of carbonyl (C=O) groups excluding carboxylic acids is 1. The molecule has 0 unspecified atom stereocenters. The molecule has 0 aliphatic carbocycles. The molecule has 0 bridgehead atoms. The Morgan fingerprint density at radius 1 is 1.23 bits per heavy atom. The maximum Gasteiger partial charge on any atom is 0.417 e. The summed E-state index contributed by atoms with van der Waals surface area (Å²) in [6, 6.07) is 13.4. The molecule has 0 aliphatic heterocycles. The fourth-order valence-electron chi connectivity index (χ4n) is 2.18. The lowest BCUT2D eigenvalue weighted by molar-refractivity contribution is -0.133. The van der Waals surface area contributed by atoms with Gasteiger partial charge in [0.1, 0.15) is 0 Å². The molecule has 0 saturated carbocycles. The zero-order valence-electron chi connectivity index (χ0n) is 11.8. The van der Waals surface area contributed by atoms with E-state index in [1.165, 1.54) is 6.92 Å². The number of H-pyrrole nitrogens is 1. The first-order chi connectivity index (χ1) is 10.5. The van der Waals surface area contributed by atoms with Gasteiger partial charge in [-0.05, 0) is 30.7 Å². The summed E-state index contributed by atoms with van der Waals surface area (Å²) in [6.07, 6.45) is 0. The molecule has 6 heteroatoms. The molecule has 0 radical (unpaired) electrons. The molecule has 2 aromatic carbocycles. The molecule has 0 spiro atoms. The van der Waals surface area contributed by atoms with Crippen molar-refractivity contribution in [3.05, 3.63) is 64.6 Å². The van der Waals surface area contributed by atoms with Gasteiger partial charge in [-0.3, -0.25) is 9.78 Å². The third-order valence-electron chi connectivity index (χ3n) is 3.45. The van der Waals surface area contributed by atoms with Crippen molar-refractivity contribution in [2.24, 2.45) is 0 Å². The minimum Gasteiger partial charge on any atom is -0.408 e. The predicted molar refractivity (Wildman–Crippen MR) is 81.5 cm³/mol. The van der Waals surface area contributed by atoms with Gasteiger partial charge >= 0.3 is 5.76 Å². The topological polar surface area (TPSA) is 95.3 Å². The van der Waals surface area contributed by atoms with Crippen LogP contribution in [-0.4, -0.2) is 16.0 Å². The van der Waals surface area contributed by atoms with E-state index >= 15 is 0 Å². The van der Waals surface area contributed by atoms with Crippen LogP contribution in [0.5, 0.6) is 0 Å². The van der Waals surface area contributed by atoms with Crippen LogP contribution in [0.2, 0.25) is 0 Å². The van der Waals surface area contributed by atoms with Gasteiger partial charge in [0.2, 0.25) is 0 Å². The first-order valence-electron chi connectivity index (χ1n) is 6.69. The number of hydrogen-bond acceptors (Lipinski definition) is 4. The zero-order chi connectivity index (χ0) is 15.7. The molecule has 1 heterocycles. The summed E-state index contributed by atoms with van der Waals surface area (Å²) >= 11 is 0. The average molecular weight is 298 g/mol. The quantitative estimate of drug-likeness (QED) is 0.689. The van der Waals surface area contributed by atoms with E-state index < -0.39 is 17.3 Å². The summed E-state index contributed by atoms with van der Waals surface area (Å²) < 4.78 is 4.89. The number of amides is 1. The molecule has 22 heavy (non-hydrogen) atoms. The zero-order valence-corrected chi connectivity index (χ0v) is 11.8. The number of aliphatic hydroxyl groups is 1. The number of benzene rings is 2. The highest BCUT2D eigenvalue weighted by atomic mass is 16.4. The van der Waals surface area contributed by atoms with E-state index in [0.717, 1.165) is 0 Å². The fourth-order valence-corrected chi connectivity index (χ4v) is 2.18. The number of anilines is 1. The Kier molecular flexibility index (Phi) is 3.30. The lowest BCUT2D eigenvalue weighted by atomic mass is 9.95. The molecule has 0 aliphatic rings. The van der Waals surface area contributed by atoms with Crippen LogP contribution < -0.4 is 11.1 Å². The molecule has 3 aromatic rings. The smallest absolute Gasteiger partial charge is 0.408 e. The lowest BCUT2D eigenvalue weighted by Crippen LogP contribution is -2.37. The SMILES string of the molecule is C[C@@](O)(C(=O)Nc1ccc2oc(=O)[nH]c2c1)c1ccccc1. The van der Waals surface area contributed by atoms with Crippen molar-refractivity contribution in [3.8, 4) is 0 Å². The van der Waals surface area contributed by atoms with E-state index in [1.54, 1.807) is 48.5 Å². The summed E-state index contributed by atoms with van der Waals surface area (Å²) in [6.45, 7) is 1.43. The molecule has 3 N–H and O–H groups in total. The van der Waals surface area contributed by atoms with E-state index in [-0.39, 0.29) is 0 Å². The molecule has 1 atom stereocenters. The van der Waals surface area contributed by atoms with Gasteiger partial charge in [-0.2, -0.15) is 0 Å². The number of aromatic amines is 1. The highest BCUT2D eigenvalue weighted by Crippen LogP contribution is 2.23. The van der Waals surface area contributed by atoms with Crippen LogP contribution in [0.1, 0.15) is 12.5 Å². The summed E-state index contributed by atoms with van der Waals surface area (Å²) in [4.78, 5) is 25.9. The van der Waals surface area contributed by atoms with Crippen molar-refractivity contribution in [2.75, 3.05) is 5.32 Å². The highest BCUT2D eigenvalue weighted by molar-refractivity contribution is 5.98. The average Bonchev–Trinajstić information content (AvgIpc) is 2.87. The molecule has 1 amide bonds. The molecule has 0 fully saturated rings. The molecular weight excluding hydrogens is 284 g/mol. The summed E-state index contributed by atoms with van der Waals surface area (Å²) in [5.41, 5.74) is 0.149. The molecule has 112 valence electrons. The van der Waals surface area contributed by atoms with E-state index in [2.05, 4.69) is 10.3 Å². The van der Waals surface area contributed by atoms with Crippen LogP contribution in [0.25, 0.3) is 11.1 Å². The Morgan fingerprint density at radius 3 is 2.68 bits per heavy atom. The Morgan fingerprint density at radius 2 is 1.95 bits per heavy atom. The van der Waals surface area contributed by atoms with Crippen molar-refractivity contribution < 1.29 is 14.3 Å². The minimum atomic E-state index is -1.67. The van der Waals surface area contributed by atoms with E-state index in [1.807, 2.05) is 0 Å². The maximum atomic E-state index is 12.3. The van der Waals surface area contributed by atoms with E-state index in [4.69, 9.17) is 4.42 Å². The van der Waals surface area contributed by atoms with Crippen LogP contribution in [0.4, 0.5) is 5.69 Å². The van der Waals surface area contributed by atoms with Gasteiger partial charge < -0.3 is 14.8 Å². The Balaban J connectivity index is 1.87. The third-order valence-corrected chi connectivity index (χ3v) is 3.45. The van der Waals surface area contributed by atoms with Crippen molar-refractivity contribution in [3.63, 3.8) is 0 Å². The number of oxazole rings is 1. The highest BCUT2D eigenvalue weighted by Gasteiger charge is 2.32. The van der Waals surface area contributed by atoms with Gasteiger partial charge in [-0.25, -0.2) is 4.79 Å². The van der Waals surface area contributed by atoms with Gasteiger partial charge in [0.05, 0.1) is 5.52 Å². The van der Waals surface area contributed by atoms with Gasteiger partial charge in [-0.15, -0.1) is 0 Å². The number of hydrogen-bond donors (Lipinski definition) is 3. The van der Waals surface area contributed by atoms with Crippen LogP contribution >= 0.6 is 0 Å². The lowest BCUT2D eigenvalue weighted by Gasteiger charge is -2.22. The summed E-state index contributed by atoms with van der Waals surface area (Å²) in [5, 5.41) is 13.1. The van der Waals surface area contributed by atoms with Crippen LogP contribution in [0, 0.1) is 0 Å². The second kappa shape index (κ2) is 5.16. The monoisotopic (exact) mass is 298 g/mol. The number of fused-ring (bicyclic) bond motifs is 1. The summed E-state index contributed by atoms with van der Waals surface area (Å²) in [5.74, 6) is -1.13. The maximum absolute atomic E-state index is 12.3. The van der Waals surface area contributed by atoms with E-state index in [0.29, 0.717) is 22.4 Å². The Labute approximate surface area is 125 Å². The molecule has 1 aromatic heterocycles. The molecule has 3 rings (SSSR count). The molecular formula is C16H14N2O4. The van der Waals surface area contributed by atoms with E-state index in [9.17, 15) is 14.7 Å². The number of carbonyl (C=O) groups is 1. The normalized spacial score (nSPS) is 13.7. The predicted octanol–water partition coefficient (Wildman–Crippen LogP) is 1.97. The molecule has 6 nitrogen and oxygen atoms in total. The number of aromatic nitrogens is 1. The molecule has 0 saturated heterocycles. The second-order valence-electron chi connectivity index (χ2n) is 5.12. The van der Waals surface area contributed by atoms with Crippen molar-refractivity contribution >= 4 is 22.7 Å². The van der Waals surface area contributed by atoms with Gasteiger partial charge in [-0.1, -0.05) is 30.3 Å². The van der Waals surface area contributed by atoms with Crippen LogP contribution in [0.3, 0.4) is 0 Å². The van der Waals surface area contributed by atoms with Gasteiger partial charge in [0.25, 0.3) is 5.91 Å². The third kappa shape index (κ3) is 2.51. The second-order valence-corrected chi connectivity index (χ2v) is 5.12. The standard InChI is InChI=1S/C16H14N2O4/c1-16(21,10-5-3-2-4-6-10)14(19)17-11-7-8-13-12(9-11)18-15(20)22-13/h2-9,21H,1H3,(H,17,19)(H,18,20)/t16-/m0/s1. The van der Waals surface area contributed by atoms with Gasteiger partial charge in [0.15, 0.2) is 11.2 Å².